The molecule has 0 amide bonds. The second kappa shape index (κ2) is 3.56. The Morgan fingerprint density at radius 2 is 2.23 bits per heavy atom. The Bertz CT molecular complexity index is 288. The first-order valence-corrected chi connectivity index (χ1v) is 4.05. The van der Waals surface area contributed by atoms with Gasteiger partial charge in [-0.25, -0.2) is 9.78 Å². The zero-order valence-electron chi connectivity index (χ0n) is 8.00. The van der Waals surface area contributed by atoms with Crippen LogP contribution >= 0.6 is 0 Å². The number of carbonyl (C=O) groups excluding carboxylic acids is 1. The Morgan fingerprint density at radius 1 is 1.54 bits per heavy atom. The molecule has 0 atom stereocenters. The summed E-state index contributed by atoms with van der Waals surface area (Å²) in [5.41, 5.74) is -0.188. The summed E-state index contributed by atoms with van der Waals surface area (Å²) in [6.45, 7) is 5.45. The molecule has 0 aromatic carbocycles. The van der Waals surface area contributed by atoms with Crippen molar-refractivity contribution < 1.29 is 9.53 Å². The minimum atomic E-state index is -0.478. The van der Waals surface area contributed by atoms with E-state index in [4.69, 9.17) is 4.74 Å². The smallest absolute Gasteiger partial charge is 0.357 e. The van der Waals surface area contributed by atoms with Crippen LogP contribution in [-0.4, -0.2) is 16.6 Å². The summed E-state index contributed by atoms with van der Waals surface area (Å²) in [6, 6.07) is 4.94. The topological polar surface area (TPSA) is 39.2 Å². The van der Waals surface area contributed by atoms with Crippen LogP contribution in [0.15, 0.2) is 18.2 Å². The van der Waals surface area contributed by atoms with Gasteiger partial charge >= 0.3 is 5.97 Å². The van der Waals surface area contributed by atoms with E-state index in [1.807, 2.05) is 20.8 Å². The van der Waals surface area contributed by atoms with Crippen molar-refractivity contribution >= 4 is 5.97 Å². The number of rotatable bonds is 1. The molecule has 1 aromatic heterocycles. The van der Waals surface area contributed by atoms with E-state index in [1.54, 1.807) is 18.2 Å². The quantitative estimate of drug-likeness (QED) is 0.616. The molecule has 13 heavy (non-hydrogen) atoms. The monoisotopic (exact) mass is 178 g/mol. The lowest BCUT2D eigenvalue weighted by Crippen LogP contribution is -2.24. The molecule has 1 rings (SSSR count). The van der Waals surface area contributed by atoms with E-state index in [0.29, 0.717) is 0 Å². The highest BCUT2D eigenvalue weighted by Gasteiger charge is 2.18. The molecule has 0 bridgehead atoms. The third kappa shape index (κ3) is 3.23. The number of carbonyl (C=O) groups is 1. The SMILES string of the molecule is CC(C)(C)OC(=O)c1ccc[c]n1. The van der Waals surface area contributed by atoms with Gasteiger partial charge in [-0.05, 0) is 32.9 Å². The molecule has 0 saturated carbocycles. The maximum atomic E-state index is 11.4. The molecular weight excluding hydrogens is 166 g/mol. The van der Waals surface area contributed by atoms with E-state index in [2.05, 4.69) is 11.2 Å². The molecule has 3 nitrogen and oxygen atoms in total. The maximum Gasteiger partial charge on any atom is 0.357 e. The number of ether oxygens (including phenoxy) is 1. The number of hydrogen-bond acceptors (Lipinski definition) is 3. The number of pyridine rings is 1. The first-order chi connectivity index (χ1) is 5.99. The second-order valence-electron chi connectivity index (χ2n) is 3.65. The zero-order valence-corrected chi connectivity index (χ0v) is 8.00. The van der Waals surface area contributed by atoms with Crippen molar-refractivity contribution in [2.24, 2.45) is 0 Å². The van der Waals surface area contributed by atoms with Gasteiger partial charge in [0, 0.05) is 0 Å². The molecule has 0 unspecified atom stereocenters. The van der Waals surface area contributed by atoms with Crippen LogP contribution in [0, 0.1) is 6.20 Å². The van der Waals surface area contributed by atoms with Crippen molar-refractivity contribution in [1.82, 2.24) is 4.98 Å². The molecule has 0 aliphatic heterocycles. The summed E-state index contributed by atoms with van der Waals surface area (Å²) < 4.78 is 5.10. The van der Waals surface area contributed by atoms with Gasteiger partial charge < -0.3 is 4.74 Å². The van der Waals surface area contributed by atoms with Crippen molar-refractivity contribution in [2.75, 3.05) is 0 Å². The van der Waals surface area contributed by atoms with Gasteiger partial charge in [-0.1, -0.05) is 6.07 Å². The van der Waals surface area contributed by atoms with Gasteiger partial charge in [-0.3, -0.25) is 0 Å². The van der Waals surface area contributed by atoms with Gasteiger partial charge in [-0.15, -0.1) is 0 Å². The summed E-state index contributed by atoms with van der Waals surface area (Å²) in [6.07, 6.45) is 2.58. The summed E-state index contributed by atoms with van der Waals surface area (Å²) in [5.74, 6) is -0.413. The summed E-state index contributed by atoms with van der Waals surface area (Å²) in [7, 11) is 0. The van der Waals surface area contributed by atoms with Crippen LogP contribution in [0.25, 0.3) is 0 Å². The lowest BCUT2D eigenvalue weighted by atomic mass is 10.2. The molecule has 0 aliphatic carbocycles. The third-order valence-electron chi connectivity index (χ3n) is 1.22. The van der Waals surface area contributed by atoms with E-state index >= 15 is 0 Å². The Balaban J connectivity index is 2.71. The van der Waals surface area contributed by atoms with E-state index in [0.717, 1.165) is 0 Å². The van der Waals surface area contributed by atoms with E-state index in [1.165, 1.54) is 0 Å². The lowest BCUT2D eigenvalue weighted by molar-refractivity contribution is 0.00628. The standard InChI is InChI=1S/C10H12NO2/c1-10(2,3)13-9(12)8-6-4-5-7-11-8/h4-6H,1-3H3. The highest BCUT2D eigenvalue weighted by Crippen LogP contribution is 2.09. The van der Waals surface area contributed by atoms with Crippen LogP contribution in [0.5, 0.6) is 0 Å². The minimum Gasteiger partial charge on any atom is -0.455 e. The Morgan fingerprint density at radius 3 is 2.69 bits per heavy atom. The van der Waals surface area contributed by atoms with E-state index in [-0.39, 0.29) is 5.69 Å². The van der Waals surface area contributed by atoms with Crippen LogP contribution in [0.4, 0.5) is 0 Å². The van der Waals surface area contributed by atoms with E-state index < -0.39 is 11.6 Å². The lowest BCUT2D eigenvalue weighted by Gasteiger charge is -2.18. The number of aromatic nitrogens is 1. The highest BCUT2D eigenvalue weighted by atomic mass is 16.6. The Hall–Kier alpha value is -1.38. The average Bonchev–Trinajstić information content (AvgIpc) is 2.03. The molecule has 1 radical (unpaired) electrons. The molecule has 0 spiro atoms. The zero-order chi connectivity index (χ0) is 9.90. The summed E-state index contributed by atoms with van der Waals surface area (Å²) >= 11 is 0. The summed E-state index contributed by atoms with van der Waals surface area (Å²) in [4.78, 5) is 15.1. The predicted molar refractivity (Wildman–Crippen MR) is 48.2 cm³/mol. The molecule has 0 N–H and O–H groups in total. The van der Waals surface area contributed by atoms with Crippen molar-refractivity contribution in [3.63, 3.8) is 0 Å². The minimum absolute atomic E-state index is 0.289. The third-order valence-corrected chi connectivity index (χ3v) is 1.22. The largest absolute Gasteiger partial charge is 0.455 e. The van der Waals surface area contributed by atoms with Crippen molar-refractivity contribution in [1.29, 1.82) is 0 Å². The molecule has 1 aromatic rings. The fourth-order valence-electron chi connectivity index (χ4n) is 0.770. The number of nitrogens with zero attached hydrogens (tertiary/aromatic N) is 1. The van der Waals surface area contributed by atoms with Crippen LogP contribution in [0.3, 0.4) is 0 Å². The van der Waals surface area contributed by atoms with E-state index in [9.17, 15) is 4.79 Å². The molecule has 3 heteroatoms. The molecule has 1 heterocycles. The predicted octanol–water partition coefficient (Wildman–Crippen LogP) is 1.84. The maximum absolute atomic E-state index is 11.4. The molecule has 0 aliphatic rings. The normalized spacial score (nSPS) is 11.0. The van der Waals surface area contributed by atoms with Crippen LogP contribution in [0.1, 0.15) is 31.3 Å². The molecule has 69 valence electrons. The van der Waals surface area contributed by atoms with Crippen LogP contribution in [0.2, 0.25) is 0 Å². The van der Waals surface area contributed by atoms with Gasteiger partial charge in [0.05, 0.1) is 6.20 Å². The number of esters is 1. The van der Waals surface area contributed by atoms with Gasteiger partial charge in [0.1, 0.15) is 11.3 Å². The Labute approximate surface area is 77.8 Å². The first-order valence-electron chi connectivity index (χ1n) is 4.05. The van der Waals surface area contributed by atoms with Gasteiger partial charge in [0.15, 0.2) is 0 Å². The average molecular weight is 178 g/mol. The Kier molecular flexibility index (Phi) is 2.66. The first kappa shape index (κ1) is 9.71. The van der Waals surface area contributed by atoms with Crippen LogP contribution in [-0.2, 0) is 4.74 Å². The van der Waals surface area contributed by atoms with Crippen molar-refractivity contribution in [3.05, 3.63) is 30.1 Å². The van der Waals surface area contributed by atoms with Crippen LogP contribution < -0.4 is 0 Å². The fraction of sp³-hybridized carbons (Fsp3) is 0.400. The molecule has 0 fully saturated rings. The van der Waals surface area contributed by atoms with Crippen molar-refractivity contribution in [3.8, 4) is 0 Å². The fourth-order valence-corrected chi connectivity index (χ4v) is 0.770. The van der Waals surface area contributed by atoms with Gasteiger partial charge in [0.25, 0.3) is 0 Å². The second-order valence-corrected chi connectivity index (χ2v) is 3.65. The molecular formula is C10H12NO2. The van der Waals surface area contributed by atoms with Gasteiger partial charge in [0.2, 0.25) is 0 Å². The number of hydrogen-bond donors (Lipinski definition) is 0. The summed E-state index contributed by atoms with van der Waals surface area (Å²) in [5, 5.41) is 0. The van der Waals surface area contributed by atoms with Gasteiger partial charge in [-0.2, -0.15) is 0 Å². The van der Waals surface area contributed by atoms with Crippen molar-refractivity contribution in [2.45, 2.75) is 26.4 Å². The highest BCUT2D eigenvalue weighted by molar-refractivity contribution is 5.87. The molecule has 0 saturated heterocycles.